The highest BCUT2D eigenvalue weighted by molar-refractivity contribution is 5.82. The smallest absolute Gasteiger partial charge is 0.212 e. The number of carbonyl (C=O) groups excluding carboxylic acids is 1. The zero-order valence-electron chi connectivity index (χ0n) is 10.2. The van der Waals surface area contributed by atoms with Gasteiger partial charge in [-0.1, -0.05) is 6.07 Å². The Morgan fingerprint density at radius 3 is 2.39 bits per heavy atom. The first-order chi connectivity index (χ1) is 8.78. The first-order valence-electron chi connectivity index (χ1n) is 5.42. The maximum absolute atomic E-state index is 11.0. The number of methoxy groups -OCH3 is 2. The van der Waals surface area contributed by atoms with Crippen molar-refractivity contribution in [3.8, 4) is 22.8 Å². The lowest BCUT2D eigenvalue weighted by Crippen LogP contribution is -1.92. The fourth-order valence-corrected chi connectivity index (χ4v) is 1.68. The highest BCUT2D eigenvalue weighted by Gasteiger charge is 2.05. The van der Waals surface area contributed by atoms with E-state index in [9.17, 15) is 4.79 Å². The number of hydrogen-bond acceptors (Lipinski definition) is 4. The highest BCUT2D eigenvalue weighted by Crippen LogP contribution is 2.25. The normalized spacial score (nSPS) is 9.89. The zero-order chi connectivity index (χ0) is 13.0. The molecule has 0 spiro atoms. The molecule has 1 aromatic heterocycles. The van der Waals surface area contributed by atoms with Crippen molar-refractivity contribution >= 4 is 6.29 Å². The summed E-state index contributed by atoms with van der Waals surface area (Å²) >= 11 is 0. The van der Waals surface area contributed by atoms with Gasteiger partial charge in [-0.05, 0) is 23.8 Å². The Morgan fingerprint density at radius 2 is 1.83 bits per heavy atom. The van der Waals surface area contributed by atoms with Crippen LogP contribution in [-0.2, 0) is 0 Å². The Balaban J connectivity index is 2.40. The van der Waals surface area contributed by atoms with Crippen molar-refractivity contribution < 1.29 is 14.3 Å². The summed E-state index contributed by atoms with van der Waals surface area (Å²) in [7, 11) is 3.11. The molecule has 1 heterocycles. The zero-order valence-corrected chi connectivity index (χ0v) is 10.2. The lowest BCUT2D eigenvalue weighted by Gasteiger charge is -2.07. The molecule has 0 N–H and O–H groups in total. The molecule has 0 atom stereocenters. The molecule has 0 saturated heterocycles. The Bertz CT molecular complexity index is 549. The molecule has 0 aliphatic heterocycles. The van der Waals surface area contributed by atoms with Gasteiger partial charge in [-0.15, -0.1) is 0 Å². The van der Waals surface area contributed by atoms with E-state index in [-0.39, 0.29) is 0 Å². The third kappa shape index (κ3) is 2.32. The third-order valence-electron chi connectivity index (χ3n) is 2.64. The van der Waals surface area contributed by atoms with Crippen LogP contribution in [0, 0.1) is 0 Å². The molecule has 1 aromatic carbocycles. The van der Waals surface area contributed by atoms with E-state index < -0.39 is 0 Å². The minimum absolute atomic E-state index is 0.519. The van der Waals surface area contributed by atoms with Crippen LogP contribution < -0.4 is 9.47 Å². The van der Waals surface area contributed by atoms with Gasteiger partial charge < -0.3 is 9.47 Å². The molecule has 0 aliphatic rings. The van der Waals surface area contributed by atoms with E-state index in [1.165, 1.54) is 7.11 Å². The average molecular weight is 243 g/mol. The molecule has 0 amide bonds. The molecule has 92 valence electrons. The number of nitrogens with zero attached hydrogens (tertiary/aromatic N) is 1. The van der Waals surface area contributed by atoms with Gasteiger partial charge in [0, 0.05) is 17.8 Å². The van der Waals surface area contributed by atoms with Crippen LogP contribution in [0.5, 0.6) is 11.6 Å². The predicted molar refractivity (Wildman–Crippen MR) is 68.2 cm³/mol. The van der Waals surface area contributed by atoms with Crippen LogP contribution in [0.4, 0.5) is 0 Å². The number of aldehydes is 1. The second kappa shape index (κ2) is 5.31. The number of ether oxygens (including phenoxy) is 2. The quantitative estimate of drug-likeness (QED) is 0.774. The summed E-state index contributed by atoms with van der Waals surface area (Å²) in [4.78, 5) is 15.1. The van der Waals surface area contributed by atoms with Crippen LogP contribution >= 0.6 is 0 Å². The van der Waals surface area contributed by atoms with Crippen molar-refractivity contribution in [2.75, 3.05) is 14.2 Å². The maximum Gasteiger partial charge on any atom is 0.212 e. The second-order valence-corrected chi connectivity index (χ2v) is 3.66. The Hall–Kier alpha value is -2.36. The lowest BCUT2D eigenvalue weighted by molar-refractivity contribution is 0.112. The monoisotopic (exact) mass is 243 g/mol. The molecular formula is C14H13NO3. The highest BCUT2D eigenvalue weighted by atomic mass is 16.5. The van der Waals surface area contributed by atoms with E-state index in [0.717, 1.165) is 17.4 Å². The summed E-state index contributed by atoms with van der Waals surface area (Å²) in [5.74, 6) is 1.12. The molecular weight excluding hydrogens is 230 g/mol. The Labute approximate surface area is 105 Å². The van der Waals surface area contributed by atoms with Crippen molar-refractivity contribution in [3.05, 3.63) is 42.1 Å². The molecule has 0 fully saturated rings. The minimum Gasteiger partial charge on any atom is -0.496 e. The second-order valence-electron chi connectivity index (χ2n) is 3.66. The molecule has 4 heteroatoms. The standard InChI is InChI=1S/C14H13NO3/c1-17-13-5-3-10(7-12(13)9-16)11-4-6-14(18-2)15-8-11/h3-9H,1-2H3. The summed E-state index contributed by atoms with van der Waals surface area (Å²) in [6, 6.07) is 9.09. The lowest BCUT2D eigenvalue weighted by atomic mass is 10.0. The van der Waals surface area contributed by atoms with Crippen LogP contribution in [-0.4, -0.2) is 25.5 Å². The number of benzene rings is 1. The number of carbonyl (C=O) groups is 1. The third-order valence-corrected chi connectivity index (χ3v) is 2.64. The van der Waals surface area contributed by atoms with Crippen molar-refractivity contribution in [2.24, 2.45) is 0 Å². The molecule has 4 nitrogen and oxygen atoms in total. The molecule has 0 radical (unpaired) electrons. The van der Waals surface area contributed by atoms with Gasteiger partial charge in [0.1, 0.15) is 5.75 Å². The van der Waals surface area contributed by atoms with Crippen molar-refractivity contribution in [2.45, 2.75) is 0 Å². The summed E-state index contributed by atoms with van der Waals surface area (Å²) < 4.78 is 10.1. The number of aromatic nitrogens is 1. The van der Waals surface area contributed by atoms with Crippen molar-refractivity contribution in [1.29, 1.82) is 0 Å². The topological polar surface area (TPSA) is 48.4 Å². The van der Waals surface area contributed by atoms with Gasteiger partial charge in [-0.2, -0.15) is 0 Å². The number of hydrogen-bond donors (Lipinski definition) is 0. The Morgan fingerprint density at radius 1 is 1.06 bits per heavy atom. The molecule has 18 heavy (non-hydrogen) atoms. The van der Waals surface area contributed by atoms with Crippen LogP contribution in [0.3, 0.4) is 0 Å². The van der Waals surface area contributed by atoms with Gasteiger partial charge in [-0.25, -0.2) is 4.98 Å². The fraction of sp³-hybridized carbons (Fsp3) is 0.143. The Kier molecular flexibility index (Phi) is 3.57. The molecule has 2 aromatic rings. The van der Waals surface area contributed by atoms with Gasteiger partial charge in [0.15, 0.2) is 6.29 Å². The molecule has 2 rings (SSSR count). The van der Waals surface area contributed by atoms with Crippen LogP contribution in [0.2, 0.25) is 0 Å². The van der Waals surface area contributed by atoms with E-state index in [2.05, 4.69) is 4.98 Å². The van der Waals surface area contributed by atoms with E-state index >= 15 is 0 Å². The molecule has 0 aliphatic carbocycles. The molecule has 0 bridgehead atoms. The van der Waals surface area contributed by atoms with Gasteiger partial charge in [0.2, 0.25) is 5.88 Å². The fourth-order valence-electron chi connectivity index (χ4n) is 1.68. The molecule has 0 unspecified atom stereocenters. The predicted octanol–water partition coefficient (Wildman–Crippen LogP) is 2.58. The van der Waals surface area contributed by atoms with Gasteiger partial charge in [0.25, 0.3) is 0 Å². The van der Waals surface area contributed by atoms with Crippen LogP contribution in [0.25, 0.3) is 11.1 Å². The summed E-state index contributed by atoms with van der Waals surface area (Å²) in [6.45, 7) is 0. The van der Waals surface area contributed by atoms with Gasteiger partial charge >= 0.3 is 0 Å². The van der Waals surface area contributed by atoms with Crippen molar-refractivity contribution in [3.63, 3.8) is 0 Å². The summed E-state index contributed by atoms with van der Waals surface area (Å²) in [6.07, 6.45) is 2.48. The van der Waals surface area contributed by atoms with Crippen LogP contribution in [0.15, 0.2) is 36.5 Å². The van der Waals surface area contributed by atoms with Crippen molar-refractivity contribution in [1.82, 2.24) is 4.98 Å². The number of pyridine rings is 1. The van der Waals surface area contributed by atoms with Gasteiger partial charge in [0.05, 0.1) is 19.8 Å². The first-order valence-corrected chi connectivity index (χ1v) is 5.42. The number of rotatable bonds is 4. The average Bonchev–Trinajstić information content (AvgIpc) is 2.46. The van der Waals surface area contributed by atoms with E-state index in [0.29, 0.717) is 17.2 Å². The van der Waals surface area contributed by atoms with E-state index in [1.807, 2.05) is 12.1 Å². The summed E-state index contributed by atoms with van der Waals surface area (Å²) in [5.41, 5.74) is 2.35. The maximum atomic E-state index is 11.0. The van der Waals surface area contributed by atoms with E-state index in [1.54, 1.807) is 31.5 Å². The SMILES string of the molecule is COc1ccc(-c2ccc(OC)c(C=O)c2)cn1. The van der Waals surface area contributed by atoms with E-state index in [4.69, 9.17) is 9.47 Å². The summed E-state index contributed by atoms with van der Waals surface area (Å²) in [5, 5.41) is 0. The van der Waals surface area contributed by atoms with Gasteiger partial charge in [-0.3, -0.25) is 4.79 Å². The van der Waals surface area contributed by atoms with Crippen LogP contribution in [0.1, 0.15) is 10.4 Å². The largest absolute Gasteiger partial charge is 0.496 e. The molecule has 0 saturated carbocycles. The minimum atomic E-state index is 0.519. The first kappa shape index (κ1) is 12.1.